The van der Waals surface area contributed by atoms with Gasteiger partial charge in [-0.2, -0.15) is 0 Å². The van der Waals surface area contributed by atoms with Gasteiger partial charge in [0.2, 0.25) is 0 Å². The first-order chi connectivity index (χ1) is 7.79. The molecule has 0 saturated carbocycles. The van der Waals surface area contributed by atoms with Crippen molar-refractivity contribution in [1.29, 1.82) is 0 Å². The Balaban J connectivity index is 2.54. The smallest absolute Gasteiger partial charge is 0.0487 e. The highest BCUT2D eigenvalue weighted by molar-refractivity contribution is 6.75. The van der Waals surface area contributed by atoms with E-state index in [1.54, 1.807) is 22.3 Å². The van der Waals surface area contributed by atoms with E-state index in [2.05, 4.69) is 52.5 Å². The lowest BCUT2D eigenvalue weighted by Crippen LogP contribution is -2.24. The Kier molecular flexibility index (Phi) is 3.07. The lowest BCUT2D eigenvalue weighted by molar-refractivity contribution is 1.14. The van der Waals surface area contributed by atoms with Crippen LogP contribution in [0.3, 0.4) is 0 Å². The second-order valence-electron chi connectivity index (χ2n) is 6.71. The van der Waals surface area contributed by atoms with Crippen molar-refractivity contribution in [2.75, 3.05) is 0 Å². The molecule has 0 fully saturated rings. The molecule has 1 heteroatoms. The van der Waals surface area contributed by atoms with Gasteiger partial charge in [0.25, 0.3) is 0 Å². The van der Waals surface area contributed by atoms with E-state index in [1.807, 2.05) is 0 Å². The average Bonchev–Trinajstić information content (AvgIpc) is 2.48. The number of benzene rings is 1. The van der Waals surface area contributed by atoms with Gasteiger partial charge in [-0.1, -0.05) is 37.3 Å². The van der Waals surface area contributed by atoms with Crippen molar-refractivity contribution in [3.8, 4) is 0 Å². The van der Waals surface area contributed by atoms with Gasteiger partial charge in [-0.05, 0) is 61.1 Å². The summed E-state index contributed by atoms with van der Waals surface area (Å²) in [5, 5.41) is 0. The molecule has 0 N–H and O–H groups in total. The molecule has 1 aliphatic rings. The summed E-state index contributed by atoms with van der Waals surface area (Å²) in [5.41, 5.74) is 9.35. The van der Waals surface area contributed by atoms with Gasteiger partial charge in [0, 0.05) is 8.07 Å². The molecule has 0 nitrogen and oxygen atoms in total. The summed E-state index contributed by atoms with van der Waals surface area (Å²) in [4.78, 5) is 0. The molecule has 0 saturated heterocycles. The lowest BCUT2D eigenvalue weighted by atomic mass is 9.97. The predicted molar refractivity (Wildman–Crippen MR) is 80.2 cm³/mol. The molecule has 0 amide bonds. The molecule has 0 atom stereocenters. The van der Waals surface area contributed by atoms with Gasteiger partial charge in [-0.3, -0.25) is 0 Å². The zero-order valence-corrected chi connectivity index (χ0v) is 13.1. The third kappa shape index (κ3) is 2.39. The summed E-state index contributed by atoms with van der Waals surface area (Å²) >= 11 is 0. The molecule has 0 aromatic heterocycles. The molecular formula is C16H24Si. The quantitative estimate of drug-likeness (QED) is 0.658. The maximum atomic E-state index is 2.46. The fourth-order valence-electron chi connectivity index (χ4n) is 2.83. The Morgan fingerprint density at radius 2 is 1.71 bits per heavy atom. The van der Waals surface area contributed by atoms with E-state index in [9.17, 15) is 0 Å². The first-order valence-corrected chi connectivity index (χ1v) is 10.3. The zero-order chi connectivity index (χ0) is 12.8. The van der Waals surface area contributed by atoms with Gasteiger partial charge in [0.15, 0.2) is 0 Å². The van der Waals surface area contributed by atoms with Gasteiger partial charge >= 0.3 is 0 Å². The number of fused-ring (bicyclic) bond motifs is 1. The van der Waals surface area contributed by atoms with Crippen molar-refractivity contribution in [2.24, 2.45) is 0 Å². The lowest BCUT2D eigenvalue weighted by Gasteiger charge is -2.20. The number of aryl methyl sites for hydroxylation is 1. The third-order valence-corrected chi connectivity index (χ3v) is 5.25. The molecule has 92 valence electrons. The second kappa shape index (κ2) is 4.13. The molecule has 17 heavy (non-hydrogen) atoms. The molecule has 0 spiro atoms. The second-order valence-corrected chi connectivity index (χ2v) is 12.2. The molecule has 1 aliphatic carbocycles. The van der Waals surface area contributed by atoms with Crippen molar-refractivity contribution < 1.29 is 0 Å². The minimum atomic E-state index is -1.03. The largest absolute Gasteiger partial charge is 0.0693 e. The summed E-state index contributed by atoms with van der Waals surface area (Å²) in [6, 6.07) is 5.99. The fourth-order valence-corrected chi connectivity index (χ4v) is 4.26. The van der Waals surface area contributed by atoms with E-state index < -0.39 is 8.07 Å². The maximum absolute atomic E-state index is 2.46. The van der Waals surface area contributed by atoms with Crippen LogP contribution < -0.4 is 0 Å². The fraction of sp³-hybridized carbons (Fsp3) is 0.500. The van der Waals surface area contributed by atoms with E-state index >= 15 is 0 Å². The topological polar surface area (TPSA) is 0 Å². The zero-order valence-electron chi connectivity index (χ0n) is 12.1. The highest BCUT2D eigenvalue weighted by atomic mass is 28.3. The van der Waals surface area contributed by atoms with Gasteiger partial charge in [-0.25, -0.2) is 0 Å². The summed E-state index contributed by atoms with van der Waals surface area (Å²) in [7, 11) is -1.03. The first-order valence-electron chi connectivity index (χ1n) is 6.57. The van der Waals surface area contributed by atoms with E-state index in [0.717, 1.165) is 0 Å². The van der Waals surface area contributed by atoms with Gasteiger partial charge in [0.1, 0.15) is 0 Å². The average molecular weight is 244 g/mol. The van der Waals surface area contributed by atoms with Gasteiger partial charge in [0.05, 0.1) is 0 Å². The molecule has 0 aliphatic heterocycles. The van der Waals surface area contributed by atoms with Crippen LogP contribution in [0.2, 0.25) is 19.6 Å². The van der Waals surface area contributed by atoms with Crippen LogP contribution in [0.5, 0.6) is 0 Å². The van der Waals surface area contributed by atoms with Crippen LogP contribution in [0, 0.1) is 6.92 Å². The highest BCUT2D eigenvalue weighted by Crippen LogP contribution is 2.37. The van der Waals surface area contributed by atoms with E-state index in [-0.39, 0.29) is 0 Å². The highest BCUT2D eigenvalue weighted by Gasteiger charge is 2.23. The Hall–Kier alpha value is -0.823. The third-order valence-electron chi connectivity index (χ3n) is 3.81. The van der Waals surface area contributed by atoms with Crippen molar-refractivity contribution in [3.05, 3.63) is 40.0 Å². The number of allylic oxidation sites excluding steroid dienone is 2. The minimum absolute atomic E-state index is 1.03. The normalized spacial score (nSPS) is 15.4. The van der Waals surface area contributed by atoms with Crippen molar-refractivity contribution in [2.45, 2.75) is 52.9 Å². The SMILES string of the molecule is CC1=C(C)c2c(C[Si](C)(C)C)ccc(C)c2C1. The van der Waals surface area contributed by atoms with Crippen LogP contribution in [0.1, 0.15) is 36.1 Å². The maximum Gasteiger partial charge on any atom is 0.0487 e. The minimum Gasteiger partial charge on any atom is -0.0693 e. The predicted octanol–water partition coefficient (Wildman–Crippen LogP) is 4.76. The standard InChI is InChI=1S/C16H24Si/c1-11-7-8-14(10-17(4,5)6)16-13(3)12(2)9-15(11)16/h7-8H,9-10H2,1-6H3. The summed E-state index contributed by atoms with van der Waals surface area (Å²) in [5.74, 6) is 0. The number of hydrogen-bond acceptors (Lipinski definition) is 0. The van der Waals surface area contributed by atoms with Crippen molar-refractivity contribution >= 4 is 13.6 Å². The number of rotatable bonds is 2. The van der Waals surface area contributed by atoms with Crippen LogP contribution >= 0.6 is 0 Å². The Morgan fingerprint density at radius 1 is 1.06 bits per heavy atom. The van der Waals surface area contributed by atoms with Crippen molar-refractivity contribution in [1.82, 2.24) is 0 Å². The van der Waals surface area contributed by atoms with Gasteiger partial charge < -0.3 is 0 Å². The molecule has 1 aromatic carbocycles. The monoisotopic (exact) mass is 244 g/mol. The Bertz CT molecular complexity index is 487. The van der Waals surface area contributed by atoms with E-state index in [0.29, 0.717) is 0 Å². The molecule has 0 radical (unpaired) electrons. The number of hydrogen-bond donors (Lipinski definition) is 0. The van der Waals surface area contributed by atoms with Crippen LogP contribution in [0.25, 0.3) is 5.57 Å². The molecule has 2 rings (SSSR count). The van der Waals surface area contributed by atoms with Crippen LogP contribution in [0.15, 0.2) is 17.7 Å². The summed E-state index contributed by atoms with van der Waals surface area (Å²) in [6.07, 6.45) is 1.17. The van der Waals surface area contributed by atoms with Crippen molar-refractivity contribution in [3.63, 3.8) is 0 Å². The van der Waals surface area contributed by atoms with Crippen LogP contribution in [-0.4, -0.2) is 8.07 Å². The Morgan fingerprint density at radius 3 is 2.29 bits per heavy atom. The molecule has 0 unspecified atom stereocenters. The van der Waals surface area contributed by atoms with Crippen LogP contribution in [0.4, 0.5) is 0 Å². The summed E-state index contributed by atoms with van der Waals surface area (Å²) < 4.78 is 0. The van der Waals surface area contributed by atoms with Crippen LogP contribution in [-0.2, 0) is 12.5 Å². The van der Waals surface area contributed by atoms with E-state index in [1.165, 1.54) is 23.6 Å². The van der Waals surface area contributed by atoms with Gasteiger partial charge in [-0.15, -0.1) is 0 Å². The van der Waals surface area contributed by atoms with E-state index in [4.69, 9.17) is 0 Å². The summed E-state index contributed by atoms with van der Waals surface area (Å²) in [6.45, 7) is 14.2. The molecule has 0 bridgehead atoms. The molecule has 1 aromatic rings. The molecule has 0 heterocycles. The Labute approximate surface area is 107 Å². The molecular weight excluding hydrogens is 220 g/mol. The first kappa shape index (κ1) is 12.6.